The van der Waals surface area contributed by atoms with Crippen molar-refractivity contribution in [3.8, 4) is 11.5 Å². The summed E-state index contributed by atoms with van der Waals surface area (Å²) in [5.74, 6) is 1.70. The maximum absolute atomic E-state index is 5.59. The standard InChI is InChI=1S/C15H23NO3/c1-2-6-16-7-9-17-8-5-13-3-4-14-15(12-13)19-11-10-18-14/h3-4,12,16H,2,5-11H2,1H3. The molecule has 1 aliphatic rings. The van der Waals surface area contributed by atoms with Crippen LogP contribution in [0.25, 0.3) is 0 Å². The second kappa shape index (κ2) is 8.02. The van der Waals surface area contributed by atoms with Crippen LogP contribution in [0.3, 0.4) is 0 Å². The number of hydrogen-bond donors (Lipinski definition) is 1. The van der Waals surface area contributed by atoms with E-state index in [0.717, 1.165) is 50.6 Å². The first-order chi connectivity index (χ1) is 9.40. The van der Waals surface area contributed by atoms with E-state index in [1.54, 1.807) is 0 Å². The van der Waals surface area contributed by atoms with Crippen LogP contribution >= 0.6 is 0 Å². The average molecular weight is 265 g/mol. The van der Waals surface area contributed by atoms with Gasteiger partial charge in [-0.25, -0.2) is 0 Å². The summed E-state index contributed by atoms with van der Waals surface area (Å²) in [6, 6.07) is 6.10. The maximum atomic E-state index is 5.59. The van der Waals surface area contributed by atoms with Gasteiger partial charge in [-0.3, -0.25) is 0 Å². The lowest BCUT2D eigenvalue weighted by atomic mass is 10.1. The van der Waals surface area contributed by atoms with Crippen LogP contribution in [0.4, 0.5) is 0 Å². The van der Waals surface area contributed by atoms with Crippen molar-refractivity contribution in [2.45, 2.75) is 19.8 Å². The molecule has 106 valence electrons. The molecule has 4 heteroatoms. The van der Waals surface area contributed by atoms with Gasteiger partial charge in [0.15, 0.2) is 11.5 Å². The van der Waals surface area contributed by atoms with Gasteiger partial charge in [0.05, 0.1) is 13.2 Å². The van der Waals surface area contributed by atoms with Crippen molar-refractivity contribution >= 4 is 0 Å². The van der Waals surface area contributed by atoms with Crippen LogP contribution in [0.15, 0.2) is 18.2 Å². The van der Waals surface area contributed by atoms with E-state index in [1.807, 2.05) is 12.1 Å². The highest BCUT2D eigenvalue weighted by Gasteiger charge is 2.11. The van der Waals surface area contributed by atoms with Crippen LogP contribution in [0, 0.1) is 0 Å². The molecule has 0 aliphatic carbocycles. The summed E-state index contributed by atoms with van der Waals surface area (Å²) in [5, 5.41) is 3.31. The summed E-state index contributed by atoms with van der Waals surface area (Å²) in [7, 11) is 0. The monoisotopic (exact) mass is 265 g/mol. The van der Waals surface area contributed by atoms with Crippen molar-refractivity contribution in [1.29, 1.82) is 0 Å². The Morgan fingerprint density at radius 3 is 2.79 bits per heavy atom. The average Bonchev–Trinajstić information content (AvgIpc) is 2.46. The Balaban J connectivity index is 1.66. The van der Waals surface area contributed by atoms with E-state index in [4.69, 9.17) is 14.2 Å². The van der Waals surface area contributed by atoms with Gasteiger partial charge in [0.2, 0.25) is 0 Å². The molecule has 2 rings (SSSR count). The minimum Gasteiger partial charge on any atom is -0.486 e. The lowest BCUT2D eigenvalue weighted by Gasteiger charge is -2.18. The van der Waals surface area contributed by atoms with Crippen LogP contribution in [0.5, 0.6) is 11.5 Å². The Labute approximate surface area is 115 Å². The molecule has 0 atom stereocenters. The third-order valence-electron chi connectivity index (χ3n) is 2.99. The van der Waals surface area contributed by atoms with Gasteiger partial charge >= 0.3 is 0 Å². The molecule has 0 unspecified atom stereocenters. The zero-order chi connectivity index (χ0) is 13.3. The van der Waals surface area contributed by atoms with Crippen LogP contribution in [-0.4, -0.2) is 39.5 Å². The van der Waals surface area contributed by atoms with Gasteiger partial charge in [-0.2, -0.15) is 0 Å². The Morgan fingerprint density at radius 1 is 1.11 bits per heavy atom. The Kier molecular flexibility index (Phi) is 5.98. The van der Waals surface area contributed by atoms with Gasteiger partial charge in [-0.05, 0) is 37.1 Å². The Bertz CT molecular complexity index is 382. The van der Waals surface area contributed by atoms with Crippen molar-refractivity contribution in [1.82, 2.24) is 5.32 Å². The highest BCUT2D eigenvalue weighted by Crippen LogP contribution is 2.30. The van der Waals surface area contributed by atoms with Gasteiger partial charge in [-0.15, -0.1) is 0 Å². The Hall–Kier alpha value is -1.26. The first kappa shape index (κ1) is 14.2. The van der Waals surface area contributed by atoms with E-state index >= 15 is 0 Å². The fourth-order valence-corrected chi connectivity index (χ4v) is 1.98. The lowest BCUT2D eigenvalue weighted by Crippen LogP contribution is -2.20. The minimum absolute atomic E-state index is 0.635. The zero-order valence-electron chi connectivity index (χ0n) is 11.6. The van der Waals surface area contributed by atoms with Gasteiger partial charge in [0.1, 0.15) is 13.2 Å². The zero-order valence-corrected chi connectivity index (χ0v) is 11.6. The molecular formula is C15H23NO3. The number of rotatable bonds is 8. The Morgan fingerprint density at radius 2 is 1.95 bits per heavy atom. The summed E-state index contributed by atoms with van der Waals surface area (Å²) < 4.78 is 16.6. The topological polar surface area (TPSA) is 39.7 Å². The van der Waals surface area contributed by atoms with Gasteiger partial charge < -0.3 is 19.5 Å². The number of ether oxygens (including phenoxy) is 3. The van der Waals surface area contributed by atoms with Crippen LogP contribution < -0.4 is 14.8 Å². The lowest BCUT2D eigenvalue weighted by molar-refractivity contribution is 0.138. The van der Waals surface area contributed by atoms with E-state index in [9.17, 15) is 0 Å². The van der Waals surface area contributed by atoms with Crippen LogP contribution in [0.2, 0.25) is 0 Å². The summed E-state index contributed by atoms with van der Waals surface area (Å²) in [4.78, 5) is 0. The van der Waals surface area contributed by atoms with E-state index in [1.165, 1.54) is 5.56 Å². The van der Waals surface area contributed by atoms with Crippen molar-refractivity contribution in [3.05, 3.63) is 23.8 Å². The SMILES string of the molecule is CCCNCCOCCc1ccc2c(c1)OCCO2. The fraction of sp³-hybridized carbons (Fsp3) is 0.600. The molecule has 19 heavy (non-hydrogen) atoms. The number of fused-ring (bicyclic) bond motifs is 1. The molecule has 1 aliphatic heterocycles. The molecule has 1 aromatic carbocycles. The number of benzene rings is 1. The molecule has 1 heterocycles. The van der Waals surface area contributed by atoms with Crippen molar-refractivity contribution in [2.75, 3.05) is 39.5 Å². The van der Waals surface area contributed by atoms with Crippen LogP contribution in [0.1, 0.15) is 18.9 Å². The largest absolute Gasteiger partial charge is 0.486 e. The second-order valence-electron chi connectivity index (χ2n) is 4.59. The van der Waals surface area contributed by atoms with E-state index in [-0.39, 0.29) is 0 Å². The van der Waals surface area contributed by atoms with Gasteiger partial charge in [0, 0.05) is 6.54 Å². The maximum Gasteiger partial charge on any atom is 0.161 e. The molecule has 0 aromatic heterocycles. The second-order valence-corrected chi connectivity index (χ2v) is 4.59. The third-order valence-corrected chi connectivity index (χ3v) is 2.99. The highest BCUT2D eigenvalue weighted by atomic mass is 16.6. The van der Waals surface area contributed by atoms with E-state index < -0.39 is 0 Å². The molecular weight excluding hydrogens is 242 g/mol. The van der Waals surface area contributed by atoms with Crippen molar-refractivity contribution in [2.24, 2.45) is 0 Å². The van der Waals surface area contributed by atoms with Crippen molar-refractivity contribution in [3.63, 3.8) is 0 Å². The molecule has 0 saturated heterocycles. The molecule has 0 fully saturated rings. The number of nitrogens with one attached hydrogen (secondary N) is 1. The molecule has 0 bridgehead atoms. The molecule has 1 aromatic rings. The quantitative estimate of drug-likeness (QED) is 0.730. The predicted molar refractivity (Wildman–Crippen MR) is 75.1 cm³/mol. The molecule has 0 saturated carbocycles. The molecule has 0 amide bonds. The van der Waals surface area contributed by atoms with Crippen molar-refractivity contribution < 1.29 is 14.2 Å². The fourth-order valence-electron chi connectivity index (χ4n) is 1.98. The smallest absolute Gasteiger partial charge is 0.161 e. The first-order valence-corrected chi connectivity index (χ1v) is 7.07. The van der Waals surface area contributed by atoms with Gasteiger partial charge in [0.25, 0.3) is 0 Å². The first-order valence-electron chi connectivity index (χ1n) is 7.07. The predicted octanol–water partition coefficient (Wildman–Crippen LogP) is 2.02. The highest BCUT2D eigenvalue weighted by molar-refractivity contribution is 5.43. The molecule has 0 radical (unpaired) electrons. The third kappa shape index (κ3) is 4.73. The van der Waals surface area contributed by atoms with E-state index in [0.29, 0.717) is 13.2 Å². The summed E-state index contributed by atoms with van der Waals surface area (Å²) in [6.45, 7) is 6.94. The summed E-state index contributed by atoms with van der Waals surface area (Å²) >= 11 is 0. The number of hydrogen-bond acceptors (Lipinski definition) is 4. The molecule has 1 N–H and O–H groups in total. The molecule has 0 spiro atoms. The summed E-state index contributed by atoms with van der Waals surface area (Å²) in [5.41, 5.74) is 1.23. The minimum atomic E-state index is 0.635. The normalized spacial score (nSPS) is 13.5. The van der Waals surface area contributed by atoms with Gasteiger partial charge in [-0.1, -0.05) is 13.0 Å². The summed E-state index contributed by atoms with van der Waals surface area (Å²) in [6.07, 6.45) is 2.07. The molecule has 4 nitrogen and oxygen atoms in total. The van der Waals surface area contributed by atoms with E-state index in [2.05, 4.69) is 18.3 Å². The van der Waals surface area contributed by atoms with Crippen LogP contribution in [-0.2, 0) is 11.2 Å².